The first-order chi connectivity index (χ1) is 12.8. The second-order valence-corrected chi connectivity index (χ2v) is 10.6. The van der Waals surface area contributed by atoms with Crippen molar-refractivity contribution in [2.24, 2.45) is 40.4 Å². The molecule has 4 aliphatic carbocycles. The van der Waals surface area contributed by atoms with Crippen molar-refractivity contribution in [3.63, 3.8) is 0 Å². The molecular formula is C23H36O4. The van der Waals surface area contributed by atoms with Crippen LogP contribution < -0.4 is 0 Å². The van der Waals surface area contributed by atoms with Crippen LogP contribution >= 0.6 is 0 Å². The number of rotatable bonds is 4. The Morgan fingerprint density at radius 1 is 1.07 bits per heavy atom. The molecule has 4 aliphatic rings. The van der Waals surface area contributed by atoms with Crippen LogP contribution in [0.15, 0.2) is 0 Å². The lowest BCUT2D eigenvalue weighted by molar-refractivity contribution is -0.160. The fourth-order valence-corrected chi connectivity index (χ4v) is 7.99. The number of Topliss-reactive ketones (excluding diaryl/α,β-unsaturated/α-hetero) is 1. The number of aliphatic carboxylic acids is 1. The summed E-state index contributed by atoms with van der Waals surface area (Å²) >= 11 is 0. The van der Waals surface area contributed by atoms with Crippen molar-refractivity contribution < 1.29 is 19.8 Å². The van der Waals surface area contributed by atoms with Crippen LogP contribution in [0.4, 0.5) is 0 Å². The molecule has 4 rings (SSSR count). The second kappa shape index (κ2) is 6.86. The third-order valence-electron chi connectivity index (χ3n) is 9.58. The Bertz CT molecular complexity index is 615. The van der Waals surface area contributed by atoms with E-state index in [-0.39, 0.29) is 29.3 Å². The van der Waals surface area contributed by atoms with Crippen LogP contribution in [-0.2, 0) is 9.59 Å². The van der Waals surface area contributed by atoms with Gasteiger partial charge in [0.2, 0.25) is 0 Å². The molecule has 4 saturated carbocycles. The Kier molecular flexibility index (Phi) is 4.93. The molecule has 0 spiro atoms. The SMILES string of the molecule is C[C@]12CCC3[C@@H](C(=O)C[C@@H]4C[C@H](O)CC[C@]34C)C1CC[C@@H]2CCCC(=O)O. The van der Waals surface area contributed by atoms with Gasteiger partial charge in [0.1, 0.15) is 5.78 Å². The zero-order valence-corrected chi connectivity index (χ0v) is 17.0. The molecule has 0 aromatic heterocycles. The summed E-state index contributed by atoms with van der Waals surface area (Å²) in [5.41, 5.74) is 0.438. The number of carbonyl (C=O) groups excluding carboxylic acids is 1. The minimum atomic E-state index is -0.695. The number of fused-ring (bicyclic) bond motifs is 5. The standard InChI is InChI=1S/C23H36O4/c1-22-11-9-18-21(17(22)7-6-14(22)4-3-5-20(26)27)19(25)13-15-12-16(24)8-10-23(15,18)2/h14-18,21,24H,3-13H2,1-2H3,(H,26,27)/t14-,15-,16+,17?,18?,21-,22+,23-/m0/s1. The fraction of sp³-hybridized carbons (Fsp3) is 0.913. The summed E-state index contributed by atoms with van der Waals surface area (Å²) in [5, 5.41) is 19.1. The van der Waals surface area contributed by atoms with Crippen molar-refractivity contribution in [1.82, 2.24) is 0 Å². The van der Waals surface area contributed by atoms with Crippen LogP contribution in [0.5, 0.6) is 0 Å². The number of ketones is 1. The molecule has 0 amide bonds. The predicted octanol–water partition coefficient (Wildman–Crippen LogP) is 4.44. The van der Waals surface area contributed by atoms with Crippen molar-refractivity contribution in [2.45, 2.75) is 90.6 Å². The molecule has 4 fully saturated rings. The van der Waals surface area contributed by atoms with Gasteiger partial charge in [-0.1, -0.05) is 13.8 Å². The van der Waals surface area contributed by atoms with Gasteiger partial charge in [-0.05, 0) is 92.3 Å². The third-order valence-corrected chi connectivity index (χ3v) is 9.58. The summed E-state index contributed by atoms with van der Waals surface area (Å²) in [6.45, 7) is 4.81. The van der Waals surface area contributed by atoms with Crippen LogP contribution in [0.25, 0.3) is 0 Å². The number of hydrogen-bond acceptors (Lipinski definition) is 3. The van der Waals surface area contributed by atoms with Crippen LogP contribution in [-0.4, -0.2) is 28.1 Å². The maximum atomic E-state index is 13.3. The Morgan fingerprint density at radius 2 is 1.78 bits per heavy atom. The maximum absolute atomic E-state index is 13.3. The van der Waals surface area contributed by atoms with Gasteiger partial charge in [0.25, 0.3) is 0 Å². The van der Waals surface area contributed by atoms with Gasteiger partial charge in [-0.25, -0.2) is 0 Å². The fourth-order valence-electron chi connectivity index (χ4n) is 7.99. The van der Waals surface area contributed by atoms with Crippen LogP contribution in [0.2, 0.25) is 0 Å². The quantitative estimate of drug-likeness (QED) is 0.761. The summed E-state index contributed by atoms with van der Waals surface area (Å²) in [6.07, 6.45) is 9.89. The Hall–Kier alpha value is -0.900. The highest BCUT2D eigenvalue weighted by Crippen LogP contribution is 2.67. The molecule has 0 aromatic rings. The molecule has 2 N–H and O–H groups in total. The molecule has 0 heterocycles. The lowest BCUT2D eigenvalue weighted by Crippen LogP contribution is -2.57. The lowest BCUT2D eigenvalue weighted by Gasteiger charge is -2.60. The Labute approximate surface area is 163 Å². The molecule has 0 aromatic carbocycles. The van der Waals surface area contributed by atoms with E-state index in [0.717, 1.165) is 51.4 Å². The highest BCUT2D eigenvalue weighted by Gasteiger charge is 2.62. The summed E-state index contributed by atoms with van der Waals surface area (Å²) in [4.78, 5) is 24.2. The lowest BCUT2D eigenvalue weighted by atomic mass is 9.44. The molecule has 0 bridgehead atoms. The van der Waals surface area contributed by atoms with E-state index in [9.17, 15) is 14.7 Å². The monoisotopic (exact) mass is 376 g/mol. The number of carboxylic acids is 1. The van der Waals surface area contributed by atoms with Crippen molar-refractivity contribution >= 4 is 11.8 Å². The minimum absolute atomic E-state index is 0.213. The first kappa shape index (κ1) is 19.4. The summed E-state index contributed by atoms with van der Waals surface area (Å²) in [7, 11) is 0. The van der Waals surface area contributed by atoms with Gasteiger partial charge in [0, 0.05) is 18.8 Å². The molecule has 0 saturated heterocycles. The number of aliphatic hydroxyl groups excluding tert-OH is 1. The smallest absolute Gasteiger partial charge is 0.303 e. The largest absolute Gasteiger partial charge is 0.481 e. The molecule has 0 aliphatic heterocycles. The van der Waals surface area contributed by atoms with Gasteiger partial charge < -0.3 is 10.2 Å². The molecule has 4 heteroatoms. The minimum Gasteiger partial charge on any atom is -0.481 e. The average Bonchev–Trinajstić information content (AvgIpc) is 2.93. The summed E-state index contributed by atoms with van der Waals surface area (Å²) in [5.74, 6) is 1.92. The number of hydrogen-bond donors (Lipinski definition) is 2. The van der Waals surface area contributed by atoms with Crippen molar-refractivity contribution in [3.8, 4) is 0 Å². The van der Waals surface area contributed by atoms with E-state index in [0.29, 0.717) is 35.9 Å². The summed E-state index contributed by atoms with van der Waals surface area (Å²) in [6, 6.07) is 0. The molecule has 152 valence electrons. The van der Waals surface area contributed by atoms with Crippen LogP contribution in [0, 0.1) is 40.4 Å². The van der Waals surface area contributed by atoms with Crippen molar-refractivity contribution in [1.29, 1.82) is 0 Å². The van der Waals surface area contributed by atoms with E-state index in [4.69, 9.17) is 5.11 Å². The number of aliphatic hydroxyl groups is 1. The van der Waals surface area contributed by atoms with Crippen molar-refractivity contribution in [2.75, 3.05) is 0 Å². The van der Waals surface area contributed by atoms with Gasteiger partial charge in [-0.15, -0.1) is 0 Å². The molecular weight excluding hydrogens is 340 g/mol. The third kappa shape index (κ3) is 3.07. The molecule has 4 nitrogen and oxygen atoms in total. The summed E-state index contributed by atoms with van der Waals surface area (Å²) < 4.78 is 0. The highest BCUT2D eigenvalue weighted by atomic mass is 16.4. The van der Waals surface area contributed by atoms with E-state index in [2.05, 4.69) is 13.8 Å². The molecule has 8 atom stereocenters. The number of carboxylic acid groups (broad SMARTS) is 1. The Balaban J connectivity index is 1.54. The van der Waals surface area contributed by atoms with Gasteiger partial charge in [-0.2, -0.15) is 0 Å². The average molecular weight is 377 g/mol. The Morgan fingerprint density at radius 3 is 2.52 bits per heavy atom. The van der Waals surface area contributed by atoms with E-state index in [1.54, 1.807) is 0 Å². The van der Waals surface area contributed by atoms with Crippen LogP contribution in [0.1, 0.15) is 84.5 Å². The zero-order chi connectivity index (χ0) is 19.4. The van der Waals surface area contributed by atoms with Gasteiger partial charge in [0.05, 0.1) is 6.10 Å². The van der Waals surface area contributed by atoms with E-state index in [1.807, 2.05) is 0 Å². The van der Waals surface area contributed by atoms with E-state index >= 15 is 0 Å². The van der Waals surface area contributed by atoms with Crippen molar-refractivity contribution in [3.05, 3.63) is 0 Å². The maximum Gasteiger partial charge on any atom is 0.303 e. The van der Waals surface area contributed by atoms with Gasteiger partial charge in [0.15, 0.2) is 0 Å². The molecule has 0 radical (unpaired) electrons. The van der Waals surface area contributed by atoms with E-state index < -0.39 is 5.97 Å². The topological polar surface area (TPSA) is 74.6 Å². The highest BCUT2D eigenvalue weighted by molar-refractivity contribution is 5.83. The number of carbonyl (C=O) groups is 2. The van der Waals surface area contributed by atoms with Gasteiger partial charge >= 0.3 is 5.97 Å². The first-order valence-electron chi connectivity index (χ1n) is 11.2. The van der Waals surface area contributed by atoms with E-state index in [1.165, 1.54) is 6.42 Å². The molecule has 2 unspecified atom stereocenters. The normalized spacial score (nSPS) is 49.2. The predicted molar refractivity (Wildman–Crippen MR) is 103 cm³/mol. The first-order valence-corrected chi connectivity index (χ1v) is 11.2. The van der Waals surface area contributed by atoms with Gasteiger partial charge in [-0.3, -0.25) is 9.59 Å². The molecule has 27 heavy (non-hydrogen) atoms. The second-order valence-electron chi connectivity index (χ2n) is 10.6. The zero-order valence-electron chi connectivity index (χ0n) is 17.0. The van der Waals surface area contributed by atoms with Crippen LogP contribution in [0.3, 0.4) is 0 Å².